The van der Waals surface area contributed by atoms with E-state index >= 15 is 0 Å². The standard InChI is InChI=1S/C12H25N3O2/c1-3-13-10-15(8-9-16)12(17)14-6-4-11(2)5-7-14/h11,13,16H,3-10H2,1-2H3. The Labute approximate surface area is 104 Å². The molecule has 0 spiro atoms. The third kappa shape index (κ3) is 4.52. The Morgan fingerprint density at radius 1 is 1.47 bits per heavy atom. The second kappa shape index (κ2) is 7.50. The Kier molecular flexibility index (Phi) is 6.29. The van der Waals surface area contributed by atoms with Crippen LogP contribution in [0.5, 0.6) is 0 Å². The molecule has 17 heavy (non-hydrogen) atoms. The Morgan fingerprint density at radius 2 is 2.12 bits per heavy atom. The van der Waals surface area contributed by atoms with Gasteiger partial charge in [0.2, 0.25) is 0 Å². The van der Waals surface area contributed by atoms with Crippen LogP contribution in [0.15, 0.2) is 0 Å². The number of likely N-dealkylation sites (tertiary alicyclic amines) is 1. The molecule has 0 aromatic rings. The highest BCUT2D eigenvalue weighted by molar-refractivity contribution is 5.74. The summed E-state index contributed by atoms with van der Waals surface area (Å²) in [6.45, 7) is 7.67. The van der Waals surface area contributed by atoms with Crippen molar-refractivity contribution in [2.75, 3.05) is 39.5 Å². The maximum atomic E-state index is 12.2. The molecule has 5 nitrogen and oxygen atoms in total. The third-order valence-corrected chi connectivity index (χ3v) is 3.25. The molecule has 1 fully saturated rings. The summed E-state index contributed by atoms with van der Waals surface area (Å²) >= 11 is 0. The molecule has 2 N–H and O–H groups in total. The molecule has 100 valence electrons. The van der Waals surface area contributed by atoms with Gasteiger partial charge in [0, 0.05) is 19.6 Å². The van der Waals surface area contributed by atoms with Gasteiger partial charge >= 0.3 is 6.03 Å². The van der Waals surface area contributed by atoms with Gasteiger partial charge in [0.15, 0.2) is 0 Å². The fourth-order valence-corrected chi connectivity index (χ4v) is 2.01. The number of amides is 2. The predicted octanol–water partition coefficient (Wildman–Crippen LogP) is 0.700. The fraction of sp³-hybridized carbons (Fsp3) is 0.917. The number of nitrogens with zero attached hydrogens (tertiary/aromatic N) is 2. The molecule has 0 saturated carbocycles. The molecule has 1 aliphatic heterocycles. The molecule has 1 heterocycles. The maximum absolute atomic E-state index is 12.2. The van der Waals surface area contributed by atoms with E-state index in [0.29, 0.717) is 13.2 Å². The van der Waals surface area contributed by atoms with Gasteiger partial charge in [0.25, 0.3) is 0 Å². The number of carbonyl (C=O) groups excluding carboxylic acids is 1. The lowest BCUT2D eigenvalue weighted by molar-refractivity contribution is 0.121. The molecule has 1 saturated heterocycles. The zero-order valence-electron chi connectivity index (χ0n) is 11.0. The Hall–Kier alpha value is -0.810. The van der Waals surface area contributed by atoms with Crippen molar-refractivity contribution in [3.63, 3.8) is 0 Å². The van der Waals surface area contributed by atoms with Gasteiger partial charge < -0.3 is 20.2 Å². The summed E-state index contributed by atoms with van der Waals surface area (Å²) in [6, 6.07) is 0.0481. The zero-order valence-corrected chi connectivity index (χ0v) is 11.0. The number of nitrogens with one attached hydrogen (secondary N) is 1. The summed E-state index contributed by atoms with van der Waals surface area (Å²) in [6.07, 6.45) is 2.17. The van der Waals surface area contributed by atoms with E-state index in [4.69, 9.17) is 5.11 Å². The first-order chi connectivity index (χ1) is 8.19. The van der Waals surface area contributed by atoms with E-state index in [2.05, 4.69) is 12.2 Å². The molecule has 0 atom stereocenters. The summed E-state index contributed by atoms with van der Waals surface area (Å²) in [5.74, 6) is 0.721. The quantitative estimate of drug-likeness (QED) is 0.699. The first-order valence-electron chi connectivity index (χ1n) is 6.54. The predicted molar refractivity (Wildman–Crippen MR) is 67.7 cm³/mol. The van der Waals surface area contributed by atoms with Crippen molar-refractivity contribution in [1.82, 2.24) is 15.1 Å². The van der Waals surface area contributed by atoms with Crippen molar-refractivity contribution < 1.29 is 9.90 Å². The van der Waals surface area contributed by atoms with E-state index < -0.39 is 0 Å². The van der Waals surface area contributed by atoms with Gasteiger partial charge in [0.1, 0.15) is 0 Å². The molecule has 0 aliphatic carbocycles. The second-order valence-corrected chi connectivity index (χ2v) is 4.70. The van der Waals surface area contributed by atoms with Crippen molar-refractivity contribution >= 4 is 6.03 Å². The molecule has 1 aliphatic rings. The van der Waals surface area contributed by atoms with E-state index in [-0.39, 0.29) is 12.6 Å². The molecule has 5 heteroatoms. The van der Waals surface area contributed by atoms with Crippen molar-refractivity contribution in [3.8, 4) is 0 Å². The Morgan fingerprint density at radius 3 is 2.65 bits per heavy atom. The maximum Gasteiger partial charge on any atom is 0.321 e. The van der Waals surface area contributed by atoms with Crippen LogP contribution in [-0.2, 0) is 0 Å². The van der Waals surface area contributed by atoms with Gasteiger partial charge in [-0.25, -0.2) is 4.79 Å². The summed E-state index contributed by atoms with van der Waals surface area (Å²) in [4.78, 5) is 15.8. The monoisotopic (exact) mass is 243 g/mol. The van der Waals surface area contributed by atoms with Crippen LogP contribution in [-0.4, -0.2) is 60.4 Å². The number of piperidine rings is 1. The van der Waals surface area contributed by atoms with Crippen LogP contribution in [0, 0.1) is 5.92 Å². The van der Waals surface area contributed by atoms with Crippen molar-refractivity contribution in [1.29, 1.82) is 0 Å². The van der Waals surface area contributed by atoms with Crippen LogP contribution in [0.25, 0.3) is 0 Å². The molecular formula is C12H25N3O2. The molecule has 0 aromatic heterocycles. The lowest BCUT2D eigenvalue weighted by Gasteiger charge is -2.34. The average Bonchev–Trinajstić information content (AvgIpc) is 2.34. The summed E-state index contributed by atoms with van der Waals surface area (Å²) in [5.41, 5.74) is 0. The Balaban J connectivity index is 2.45. The molecule has 1 rings (SSSR count). The molecule has 0 bridgehead atoms. The van der Waals surface area contributed by atoms with Gasteiger partial charge in [-0.3, -0.25) is 0 Å². The van der Waals surface area contributed by atoms with Crippen LogP contribution < -0.4 is 5.32 Å². The van der Waals surface area contributed by atoms with Gasteiger partial charge in [-0.2, -0.15) is 0 Å². The van der Waals surface area contributed by atoms with Gasteiger partial charge in [-0.05, 0) is 25.3 Å². The highest BCUT2D eigenvalue weighted by atomic mass is 16.3. The van der Waals surface area contributed by atoms with E-state index in [1.807, 2.05) is 11.8 Å². The molecule has 0 radical (unpaired) electrons. The smallest absolute Gasteiger partial charge is 0.321 e. The van der Waals surface area contributed by atoms with Crippen LogP contribution in [0.3, 0.4) is 0 Å². The van der Waals surface area contributed by atoms with E-state index in [9.17, 15) is 4.79 Å². The number of urea groups is 1. The minimum atomic E-state index is 0.0153. The summed E-state index contributed by atoms with van der Waals surface area (Å²) in [7, 11) is 0. The van der Waals surface area contributed by atoms with Crippen molar-refractivity contribution in [2.45, 2.75) is 26.7 Å². The van der Waals surface area contributed by atoms with Crippen molar-refractivity contribution in [2.24, 2.45) is 5.92 Å². The average molecular weight is 243 g/mol. The number of hydrogen-bond acceptors (Lipinski definition) is 3. The number of rotatable bonds is 5. The molecular weight excluding hydrogens is 218 g/mol. The molecule has 0 aromatic carbocycles. The molecule has 2 amide bonds. The van der Waals surface area contributed by atoms with Gasteiger partial charge in [0.05, 0.1) is 13.3 Å². The van der Waals surface area contributed by atoms with E-state index in [1.54, 1.807) is 4.90 Å². The summed E-state index contributed by atoms with van der Waals surface area (Å²) < 4.78 is 0. The van der Waals surface area contributed by atoms with Crippen LogP contribution in [0.4, 0.5) is 4.79 Å². The highest BCUT2D eigenvalue weighted by Gasteiger charge is 2.24. The fourth-order valence-electron chi connectivity index (χ4n) is 2.01. The minimum Gasteiger partial charge on any atom is -0.395 e. The minimum absolute atomic E-state index is 0.0153. The first kappa shape index (κ1) is 14.3. The zero-order chi connectivity index (χ0) is 12.7. The Bertz CT molecular complexity index is 228. The SMILES string of the molecule is CCNCN(CCO)C(=O)N1CCC(C)CC1. The van der Waals surface area contributed by atoms with Crippen LogP contribution >= 0.6 is 0 Å². The van der Waals surface area contributed by atoms with E-state index in [1.165, 1.54) is 0 Å². The third-order valence-electron chi connectivity index (χ3n) is 3.25. The highest BCUT2D eigenvalue weighted by Crippen LogP contribution is 2.17. The molecule has 0 unspecified atom stereocenters. The lowest BCUT2D eigenvalue weighted by Crippen LogP contribution is -2.50. The van der Waals surface area contributed by atoms with Gasteiger partial charge in [-0.15, -0.1) is 0 Å². The second-order valence-electron chi connectivity index (χ2n) is 4.70. The topological polar surface area (TPSA) is 55.8 Å². The largest absolute Gasteiger partial charge is 0.395 e. The number of hydrogen-bond donors (Lipinski definition) is 2. The van der Waals surface area contributed by atoms with E-state index in [0.717, 1.165) is 38.4 Å². The first-order valence-corrected chi connectivity index (χ1v) is 6.54. The number of aliphatic hydroxyl groups is 1. The lowest BCUT2D eigenvalue weighted by atomic mass is 10.00. The van der Waals surface area contributed by atoms with Gasteiger partial charge in [-0.1, -0.05) is 13.8 Å². The van der Waals surface area contributed by atoms with Crippen LogP contribution in [0.2, 0.25) is 0 Å². The normalized spacial score (nSPS) is 17.2. The summed E-state index contributed by atoms with van der Waals surface area (Å²) in [5, 5.41) is 12.1. The number of carbonyl (C=O) groups is 1. The number of aliphatic hydroxyl groups excluding tert-OH is 1. The van der Waals surface area contributed by atoms with Crippen LogP contribution in [0.1, 0.15) is 26.7 Å². The van der Waals surface area contributed by atoms with Crippen molar-refractivity contribution in [3.05, 3.63) is 0 Å².